The Morgan fingerprint density at radius 3 is 2.67 bits per heavy atom. The van der Waals surface area contributed by atoms with Crippen LogP contribution in [-0.4, -0.2) is 28.1 Å². The van der Waals surface area contributed by atoms with E-state index in [2.05, 4.69) is 10.3 Å². The molecule has 4 nitrogen and oxygen atoms in total. The first-order valence-electron chi connectivity index (χ1n) is 8.17. The maximum absolute atomic E-state index is 12.6. The number of amides is 1. The van der Waals surface area contributed by atoms with Gasteiger partial charge in [0.2, 0.25) is 0 Å². The van der Waals surface area contributed by atoms with E-state index in [4.69, 9.17) is 11.6 Å². The van der Waals surface area contributed by atoms with E-state index in [0.29, 0.717) is 16.5 Å². The van der Waals surface area contributed by atoms with Crippen molar-refractivity contribution in [3.8, 4) is 0 Å². The van der Waals surface area contributed by atoms with Gasteiger partial charge in [-0.1, -0.05) is 11.6 Å². The third-order valence-electron chi connectivity index (χ3n) is 4.66. The molecule has 1 saturated carbocycles. The smallest absolute Gasteiger partial charge is 0.251 e. The summed E-state index contributed by atoms with van der Waals surface area (Å²) in [7, 11) is 0. The lowest BCUT2D eigenvalue weighted by molar-refractivity contribution is 0.0239. The van der Waals surface area contributed by atoms with Gasteiger partial charge in [-0.25, -0.2) is 0 Å². The molecule has 1 aliphatic carbocycles. The van der Waals surface area contributed by atoms with Crippen LogP contribution in [0.15, 0.2) is 42.7 Å². The number of hydrogen-bond acceptors (Lipinski definition) is 3. The number of pyridine rings is 1. The fraction of sp³-hybridized carbons (Fsp3) is 0.368. The molecule has 5 heteroatoms. The first-order chi connectivity index (χ1) is 11.5. The van der Waals surface area contributed by atoms with Crippen LogP contribution in [0.2, 0.25) is 5.02 Å². The summed E-state index contributed by atoms with van der Waals surface area (Å²) >= 11 is 6.03. The average Bonchev–Trinajstić information content (AvgIpc) is 2.55. The second kappa shape index (κ2) is 7.32. The maximum atomic E-state index is 12.6. The van der Waals surface area contributed by atoms with Gasteiger partial charge in [-0.15, -0.1) is 0 Å². The number of aromatic nitrogens is 1. The predicted octanol–water partition coefficient (Wildman–Crippen LogP) is 3.16. The molecule has 1 fully saturated rings. The first kappa shape index (κ1) is 16.9. The molecule has 1 atom stereocenters. The summed E-state index contributed by atoms with van der Waals surface area (Å²) in [6, 6.07) is 9.21. The molecule has 0 aliphatic heterocycles. The van der Waals surface area contributed by atoms with E-state index in [1.54, 1.807) is 30.6 Å². The zero-order chi connectivity index (χ0) is 17.1. The zero-order valence-electron chi connectivity index (χ0n) is 13.6. The minimum Gasteiger partial charge on any atom is -0.393 e. The van der Waals surface area contributed by atoms with E-state index in [9.17, 15) is 9.90 Å². The molecule has 1 aromatic carbocycles. The molecule has 0 radical (unpaired) electrons. The van der Waals surface area contributed by atoms with Crippen molar-refractivity contribution in [2.24, 2.45) is 5.92 Å². The summed E-state index contributed by atoms with van der Waals surface area (Å²) < 4.78 is 0. The average molecular weight is 345 g/mol. The quantitative estimate of drug-likeness (QED) is 0.875. The number of nitrogens with one attached hydrogen (secondary N) is 1. The van der Waals surface area contributed by atoms with Gasteiger partial charge in [-0.3, -0.25) is 9.78 Å². The number of benzene rings is 1. The molecule has 0 bridgehead atoms. The lowest BCUT2D eigenvalue weighted by Gasteiger charge is -2.38. The van der Waals surface area contributed by atoms with Gasteiger partial charge in [0.05, 0.1) is 6.10 Å². The van der Waals surface area contributed by atoms with Gasteiger partial charge in [-0.2, -0.15) is 0 Å². The van der Waals surface area contributed by atoms with Gasteiger partial charge in [-0.05, 0) is 73.6 Å². The highest BCUT2D eigenvalue weighted by atomic mass is 35.5. The van der Waals surface area contributed by atoms with E-state index in [1.807, 2.05) is 19.1 Å². The lowest BCUT2D eigenvalue weighted by atomic mass is 9.75. The molecule has 0 saturated heterocycles. The minimum atomic E-state index is -0.246. The summed E-state index contributed by atoms with van der Waals surface area (Å²) in [5.74, 6) is 0.195. The Morgan fingerprint density at radius 1 is 1.33 bits per heavy atom. The molecular formula is C19H21ClN2O2. The second-order valence-electron chi connectivity index (χ2n) is 6.49. The summed E-state index contributed by atoms with van der Waals surface area (Å²) in [4.78, 5) is 16.6. The van der Waals surface area contributed by atoms with E-state index < -0.39 is 0 Å². The number of rotatable bonds is 5. The zero-order valence-corrected chi connectivity index (χ0v) is 14.3. The number of carbonyl (C=O) groups excluding carboxylic acids is 1. The summed E-state index contributed by atoms with van der Waals surface area (Å²) in [6.07, 6.45) is 5.46. The number of halogens is 1. The highest BCUT2D eigenvalue weighted by Gasteiger charge is 2.34. The Kier molecular flexibility index (Phi) is 5.17. The molecule has 1 aliphatic rings. The summed E-state index contributed by atoms with van der Waals surface area (Å²) in [5.41, 5.74) is 2.62. The van der Waals surface area contributed by atoms with Crippen LogP contribution < -0.4 is 5.32 Å². The molecule has 3 rings (SSSR count). The molecule has 1 heterocycles. The third kappa shape index (κ3) is 3.94. The van der Waals surface area contributed by atoms with Crippen molar-refractivity contribution in [1.82, 2.24) is 10.3 Å². The van der Waals surface area contributed by atoms with Crippen LogP contribution in [0.25, 0.3) is 0 Å². The lowest BCUT2D eigenvalue weighted by Crippen LogP contribution is -2.48. The Balaban J connectivity index is 1.73. The molecule has 126 valence electrons. The number of nitrogens with zero attached hydrogens (tertiary/aromatic N) is 1. The van der Waals surface area contributed by atoms with Gasteiger partial charge in [0, 0.05) is 29.0 Å². The van der Waals surface area contributed by atoms with Crippen molar-refractivity contribution in [2.45, 2.75) is 38.3 Å². The van der Waals surface area contributed by atoms with Crippen LogP contribution in [0.3, 0.4) is 0 Å². The molecule has 0 unspecified atom stereocenters. The Morgan fingerprint density at radius 2 is 2.04 bits per heavy atom. The number of hydrogen-bond donors (Lipinski definition) is 2. The molecule has 1 aromatic heterocycles. The van der Waals surface area contributed by atoms with E-state index >= 15 is 0 Å². The Bertz CT molecular complexity index is 715. The Labute approximate surface area is 146 Å². The maximum Gasteiger partial charge on any atom is 0.251 e. The van der Waals surface area contributed by atoms with E-state index in [-0.39, 0.29) is 18.1 Å². The largest absolute Gasteiger partial charge is 0.393 e. The van der Waals surface area contributed by atoms with Crippen LogP contribution >= 0.6 is 11.6 Å². The van der Waals surface area contributed by atoms with Crippen LogP contribution in [0.4, 0.5) is 0 Å². The van der Waals surface area contributed by atoms with Gasteiger partial charge < -0.3 is 10.4 Å². The van der Waals surface area contributed by atoms with Crippen LogP contribution in [0, 0.1) is 12.8 Å². The van der Waals surface area contributed by atoms with Gasteiger partial charge in [0.1, 0.15) is 0 Å². The monoisotopic (exact) mass is 344 g/mol. The normalized spacial score (nSPS) is 21.0. The molecule has 24 heavy (non-hydrogen) atoms. The summed E-state index contributed by atoms with van der Waals surface area (Å²) in [6.45, 7) is 1.88. The van der Waals surface area contributed by atoms with Crippen molar-refractivity contribution in [1.29, 1.82) is 0 Å². The fourth-order valence-electron chi connectivity index (χ4n) is 3.10. The molecule has 2 aromatic rings. The molecule has 0 spiro atoms. The van der Waals surface area contributed by atoms with E-state index in [0.717, 1.165) is 30.4 Å². The highest BCUT2D eigenvalue weighted by Crippen LogP contribution is 2.32. The Hall–Kier alpha value is -1.91. The number of aryl methyl sites for hydroxylation is 1. The minimum absolute atomic E-state index is 0.000663. The van der Waals surface area contributed by atoms with Crippen LogP contribution in [0.5, 0.6) is 0 Å². The summed E-state index contributed by atoms with van der Waals surface area (Å²) in [5, 5.41) is 13.4. The van der Waals surface area contributed by atoms with Gasteiger partial charge in [0.25, 0.3) is 5.91 Å². The van der Waals surface area contributed by atoms with Crippen molar-refractivity contribution in [3.63, 3.8) is 0 Å². The number of aliphatic hydroxyl groups is 1. The number of carbonyl (C=O) groups is 1. The van der Waals surface area contributed by atoms with Crippen LogP contribution in [0.1, 0.15) is 34.3 Å². The van der Waals surface area contributed by atoms with Crippen molar-refractivity contribution in [3.05, 3.63) is 64.4 Å². The second-order valence-corrected chi connectivity index (χ2v) is 6.90. The van der Waals surface area contributed by atoms with Gasteiger partial charge in [0.15, 0.2) is 0 Å². The molecule has 1 amide bonds. The van der Waals surface area contributed by atoms with Crippen molar-refractivity contribution >= 4 is 17.5 Å². The van der Waals surface area contributed by atoms with E-state index in [1.165, 1.54) is 0 Å². The fourth-order valence-corrected chi connectivity index (χ4v) is 3.22. The number of aliphatic hydroxyl groups excluding tert-OH is 1. The van der Waals surface area contributed by atoms with Gasteiger partial charge >= 0.3 is 0 Å². The standard InChI is InChI=1S/C19H21ClN2O2/c1-12-8-14(2-3-17(12)20)19(24)22-18(15-10-16(23)11-15)9-13-4-6-21-7-5-13/h2-8,15-16,18,23H,9-11H2,1H3,(H,22,24)/t15?,16?,18-/m0/s1. The SMILES string of the molecule is Cc1cc(C(=O)N[C@@H](Cc2ccncc2)C2CC(O)C2)ccc1Cl. The third-order valence-corrected chi connectivity index (χ3v) is 5.08. The van der Waals surface area contributed by atoms with Crippen molar-refractivity contribution in [2.75, 3.05) is 0 Å². The molecule has 2 N–H and O–H groups in total. The van der Waals surface area contributed by atoms with Crippen molar-refractivity contribution < 1.29 is 9.90 Å². The first-order valence-corrected chi connectivity index (χ1v) is 8.54. The topological polar surface area (TPSA) is 62.2 Å². The predicted molar refractivity (Wildman–Crippen MR) is 94.1 cm³/mol. The molecular weight excluding hydrogens is 324 g/mol. The highest BCUT2D eigenvalue weighted by molar-refractivity contribution is 6.31. The van der Waals surface area contributed by atoms with Crippen LogP contribution in [-0.2, 0) is 6.42 Å².